The molecule has 3 aromatic rings. The lowest BCUT2D eigenvalue weighted by molar-refractivity contribution is -0.249. The number of ketones is 3. The van der Waals surface area contributed by atoms with Crippen molar-refractivity contribution in [1.82, 2.24) is 9.88 Å². The molecule has 9 N–H and O–H groups in total. The van der Waals surface area contributed by atoms with E-state index in [1.807, 2.05) is 0 Å². The molecule has 0 spiro atoms. The minimum absolute atomic E-state index is 0.0107. The minimum Gasteiger partial charge on any atom is -0.507 e. The molecule has 1 saturated carbocycles. The Morgan fingerprint density at radius 3 is 2.38 bits per heavy atom. The highest BCUT2D eigenvalue weighted by Crippen LogP contribution is 2.52. The Balaban J connectivity index is 1.09. The van der Waals surface area contributed by atoms with Crippen LogP contribution < -0.4 is 10.1 Å². The number of aliphatic hydroxyl groups excluding tert-OH is 2. The smallest absolute Gasteiger partial charge is 0.313 e. The van der Waals surface area contributed by atoms with Gasteiger partial charge < -0.3 is 60.4 Å². The molecule has 2 aromatic carbocycles. The Morgan fingerprint density at radius 2 is 1.72 bits per heavy atom. The molecule has 0 bridgehead atoms. The number of carbonyl (C=O) groups is 5. The van der Waals surface area contributed by atoms with E-state index in [9.17, 15) is 59.7 Å². The van der Waals surface area contributed by atoms with Gasteiger partial charge in [0.1, 0.15) is 35.6 Å². The van der Waals surface area contributed by atoms with Crippen LogP contribution in [-0.2, 0) is 36.8 Å². The standard InChI is InChI=1S/C41H46N2O16S/c1-17-34(49)22(42-39(54)19-8-6-18(7-9-19)14-43-27(46)11-25(40(43)55)60-16-28(47)48)10-29(58-17)59-24-13-41(56,26(45)15-44)12-21-31(24)38(53)33-32(36(21)51)35(50)20-4-3-5-23(57-2)30(20)37(33)52/h3-5,11,17-19,22,24,29,34,44,46,49,51,53,55-56H,6-10,12-16H2,1-2H3,(H,42,54)(H,47,48)/t17?,18?,19?,22?,24-,29?,34?,41-/m0/s1. The number of aromatic hydroxyl groups is 4. The number of aliphatic carboxylic acids is 1. The number of amides is 1. The lowest BCUT2D eigenvalue weighted by atomic mass is 9.72. The zero-order valence-electron chi connectivity index (χ0n) is 32.6. The highest BCUT2D eigenvalue weighted by atomic mass is 32.2. The molecule has 322 valence electrons. The van der Waals surface area contributed by atoms with Crippen LogP contribution in [0.25, 0.3) is 0 Å². The molecule has 1 amide bonds. The highest BCUT2D eigenvalue weighted by molar-refractivity contribution is 8.00. The maximum atomic E-state index is 14.0. The number of hydrogen-bond acceptors (Lipinski definition) is 16. The number of carboxylic acids is 1. The first-order valence-electron chi connectivity index (χ1n) is 19.5. The number of nitrogens with one attached hydrogen (secondary N) is 1. The normalized spacial score (nSPS) is 27.4. The van der Waals surface area contributed by atoms with E-state index in [0.29, 0.717) is 25.7 Å². The number of carbonyl (C=O) groups excluding carboxylic acids is 4. The molecule has 18 nitrogen and oxygen atoms in total. The van der Waals surface area contributed by atoms with Crippen molar-refractivity contribution in [2.75, 3.05) is 19.5 Å². The molecule has 6 atom stereocenters. The van der Waals surface area contributed by atoms with Gasteiger partial charge in [0.25, 0.3) is 0 Å². The highest BCUT2D eigenvalue weighted by Gasteiger charge is 2.50. The van der Waals surface area contributed by atoms with Crippen molar-refractivity contribution >= 4 is 41.0 Å². The number of rotatable bonds is 12. The second-order valence-corrected chi connectivity index (χ2v) is 16.8. The Labute approximate surface area is 346 Å². The predicted octanol–water partition coefficient (Wildman–Crippen LogP) is 2.05. The summed E-state index contributed by atoms with van der Waals surface area (Å²) in [5, 5.41) is 88.8. The largest absolute Gasteiger partial charge is 0.507 e. The lowest BCUT2D eigenvalue weighted by Gasteiger charge is -2.43. The molecule has 2 heterocycles. The van der Waals surface area contributed by atoms with Gasteiger partial charge in [0, 0.05) is 54.5 Å². The summed E-state index contributed by atoms with van der Waals surface area (Å²) in [6.45, 7) is 0.698. The summed E-state index contributed by atoms with van der Waals surface area (Å²) in [5.41, 5.74) is -4.13. The van der Waals surface area contributed by atoms with Crippen LogP contribution in [0.5, 0.6) is 29.0 Å². The van der Waals surface area contributed by atoms with Gasteiger partial charge >= 0.3 is 5.97 Å². The molecule has 3 aliphatic carbocycles. The maximum Gasteiger partial charge on any atom is 0.313 e. The van der Waals surface area contributed by atoms with Gasteiger partial charge in [0.05, 0.1) is 52.7 Å². The summed E-state index contributed by atoms with van der Waals surface area (Å²) in [6.07, 6.45) is -4.23. The monoisotopic (exact) mass is 854 g/mol. The summed E-state index contributed by atoms with van der Waals surface area (Å²) in [7, 11) is 1.30. The van der Waals surface area contributed by atoms with Crippen molar-refractivity contribution in [3.8, 4) is 29.0 Å². The molecular weight excluding hydrogens is 809 g/mol. The number of Topliss-reactive ketones (excluding diaryl/α,β-unsaturated/α-hetero) is 1. The van der Waals surface area contributed by atoms with E-state index in [0.717, 1.165) is 11.8 Å². The second-order valence-electron chi connectivity index (χ2n) is 15.8. The fourth-order valence-electron chi connectivity index (χ4n) is 8.95. The number of benzene rings is 2. The topological polar surface area (TPSA) is 292 Å². The average Bonchev–Trinajstić information content (AvgIpc) is 3.48. The van der Waals surface area contributed by atoms with Gasteiger partial charge in [-0.05, 0) is 44.6 Å². The van der Waals surface area contributed by atoms with Crippen LogP contribution >= 0.6 is 11.8 Å². The molecule has 4 unspecified atom stereocenters. The number of ether oxygens (including phenoxy) is 3. The number of aliphatic hydroxyl groups is 3. The number of methoxy groups -OCH3 is 1. The van der Waals surface area contributed by atoms with Gasteiger partial charge in [0.2, 0.25) is 17.6 Å². The number of thioether (sulfide) groups is 1. The first-order valence-corrected chi connectivity index (χ1v) is 20.4. The van der Waals surface area contributed by atoms with E-state index in [1.54, 1.807) is 0 Å². The third-order valence-corrected chi connectivity index (χ3v) is 13.1. The minimum atomic E-state index is -2.36. The molecule has 60 heavy (non-hydrogen) atoms. The van der Waals surface area contributed by atoms with E-state index >= 15 is 0 Å². The first kappa shape index (κ1) is 42.9. The Hall–Kier alpha value is -5.18. The number of hydrogen-bond donors (Lipinski definition) is 9. The average molecular weight is 855 g/mol. The van der Waals surface area contributed by atoms with E-state index in [1.165, 1.54) is 42.9 Å². The molecule has 19 heteroatoms. The molecule has 4 aliphatic rings. The van der Waals surface area contributed by atoms with E-state index < -0.39 is 108 Å². The van der Waals surface area contributed by atoms with Crippen LogP contribution in [0.3, 0.4) is 0 Å². The van der Waals surface area contributed by atoms with E-state index in [-0.39, 0.29) is 75.2 Å². The predicted molar refractivity (Wildman–Crippen MR) is 207 cm³/mol. The molecule has 7 rings (SSSR count). The third-order valence-electron chi connectivity index (χ3n) is 12.1. The van der Waals surface area contributed by atoms with E-state index in [4.69, 9.17) is 19.3 Å². The zero-order valence-corrected chi connectivity index (χ0v) is 33.4. The lowest BCUT2D eigenvalue weighted by Crippen LogP contribution is -2.56. The quantitative estimate of drug-likeness (QED) is 0.0728. The van der Waals surface area contributed by atoms with Crippen LogP contribution in [0, 0.1) is 11.8 Å². The van der Waals surface area contributed by atoms with Gasteiger partial charge in [0.15, 0.2) is 23.7 Å². The van der Waals surface area contributed by atoms with Crippen LogP contribution in [0.4, 0.5) is 0 Å². The van der Waals surface area contributed by atoms with E-state index in [2.05, 4.69) is 5.32 Å². The van der Waals surface area contributed by atoms with Crippen molar-refractivity contribution in [3.63, 3.8) is 0 Å². The van der Waals surface area contributed by atoms with Crippen LogP contribution in [0.2, 0.25) is 0 Å². The Bertz CT molecular complexity index is 2250. The van der Waals surface area contributed by atoms with Gasteiger partial charge in [-0.15, -0.1) is 11.8 Å². The number of aromatic nitrogens is 1. The fourth-order valence-corrected chi connectivity index (χ4v) is 9.66. The van der Waals surface area contributed by atoms with Crippen molar-refractivity contribution in [3.05, 3.63) is 57.6 Å². The van der Waals surface area contributed by atoms with Crippen molar-refractivity contribution in [2.24, 2.45) is 11.8 Å². The summed E-state index contributed by atoms with van der Waals surface area (Å²) in [5.74, 6) is -6.74. The molecule has 2 fully saturated rings. The summed E-state index contributed by atoms with van der Waals surface area (Å²) in [6, 6.07) is 4.68. The van der Waals surface area contributed by atoms with Crippen molar-refractivity contribution in [1.29, 1.82) is 0 Å². The first-order chi connectivity index (χ1) is 28.5. The third kappa shape index (κ3) is 7.69. The molecule has 1 aromatic heterocycles. The summed E-state index contributed by atoms with van der Waals surface area (Å²) < 4.78 is 18.9. The summed E-state index contributed by atoms with van der Waals surface area (Å²) in [4.78, 5) is 65.6. The number of phenolic OH excluding ortho intramolecular Hbond substituents is 2. The molecular formula is C41H46N2O16S. The Morgan fingerprint density at radius 1 is 1.02 bits per heavy atom. The van der Waals surface area contributed by atoms with Gasteiger partial charge in [-0.25, -0.2) is 0 Å². The number of phenols is 2. The maximum absolute atomic E-state index is 14.0. The van der Waals surface area contributed by atoms with Crippen LogP contribution in [0.15, 0.2) is 29.2 Å². The number of nitrogens with zero attached hydrogens (tertiary/aromatic N) is 1. The second kappa shape index (κ2) is 16.7. The SMILES string of the molecule is COc1cccc2c1C(=O)c1c(O)c3c(c(O)c1C2=O)C[C@@](O)(C(=O)CO)C[C@@H]3OC1CC(NC(=O)C2CCC(Cn3c(O)cc(SCC(=O)O)c3O)CC2)C(O)C(C)O1. The molecule has 0 radical (unpaired) electrons. The van der Waals surface area contributed by atoms with Crippen LogP contribution in [-0.4, -0.2) is 124 Å². The van der Waals surface area contributed by atoms with Gasteiger partial charge in [-0.3, -0.25) is 28.5 Å². The number of fused-ring (bicyclic) bond motifs is 3. The Kier molecular flexibility index (Phi) is 11.9. The molecule has 1 aliphatic heterocycles. The number of carboxylic acid groups (broad SMARTS) is 1. The van der Waals surface area contributed by atoms with Gasteiger partial charge in [-0.2, -0.15) is 0 Å². The zero-order chi connectivity index (χ0) is 43.4. The summed E-state index contributed by atoms with van der Waals surface area (Å²) >= 11 is 0.883. The molecule has 1 saturated heterocycles. The van der Waals surface area contributed by atoms with Crippen molar-refractivity contribution < 1.29 is 79.0 Å². The fraction of sp³-hybridized carbons (Fsp3) is 0.488. The van der Waals surface area contributed by atoms with Crippen molar-refractivity contribution in [2.45, 2.75) is 99.6 Å². The van der Waals surface area contributed by atoms with Gasteiger partial charge in [-0.1, -0.05) is 12.1 Å². The van der Waals surface area contributed by atoms with Crippen LogP contribution in [0.1, 0.15) is 94.5 Å².